The fraction of sp³-hybridized carbons (Fsp3) is 0.200. The minimum absolute atomic E-state index is 0.106. The highest BCUT2D eigenvalue weighted by molar-refractivity contribution is 7.80. The second-order valence-corrected chi connectivity index (χ2v) is 6.98. The number of nitrogens with one attached hydrogen (secondary N) is 1. The molecule has 1 aliphatic rings. The number of benzene rings is 2. The molecule has 1 heterocycles. The zero-order valence-electron chi connectivity index (χ0n) is 15.2. The summed E-state index contributed by atoms with van der Waals surface area (Å²) in [5.74, 6) is 1.07. The average molecular weight is 403 g/mol. The van der Waals surface area contributed by atoms with E-state index in [1.807, 2.05) is 38.1 Å². The second-order valence-electron chi connectivity index (χ2n) is 6.18. The van der Waals surface area contributed by atoms with E-state index in [0.29, 0.717) is 27.3 Å². The quantitative estimate of drug-likeness (QED) is 0.593. The molecule has 1 aliphatic heterocycles. The summed E-state index contributed by atoms with van der Waals surface area (Å²) in [6.45, 7) is 3.94. The van der Waals surface area contributed by atoms with E-state index in [0.717, 1.165) is 11.3 Å². The standard InChI is InChI=1S/C20H19ClN2O3S/c1-12(2)26-15-7-4-13(5-8-15)10-17-19(24)23(20(27)22-17)14-6-9-18(25-3)16(21)11-14/h4-12H,1-3H3,(H,22,27)/b17-10+. The molecule has 7 heteroatoms. The van der Waals surface area contributed by atoms with Gasteiger partial charge in [-0.15, -0.1) is 0 Å². The zero-order chi connectivity index (χ0) is 19.6. The summed E-state index contributed by atoms with van der Waals surface area (Å²) < 4.78 is 10.8. The Balaban J connectivity index is 1.83. The number of carbonyl (C=O) groups is 1. The van der Waals surface area contributed by atoms with Crippen LogP contribution in [0.4, 0.5) is 5.69 Å². The Kier molecular flexibility index (Phi) is 5.68. The minimum Gasteiger partial charge on any atom is -0.495 e. The molecular formula is C20H19ClN2O3S. The lowest BCUT2D eigenvalue weighted by Crippen LogP contribution is -2.30. The van der Waals surface area contributed by atoms with Crippen molar-refractivity contribution in [1.29, 1.82) is 0 Å². The van der Waals surface area contributed by atoms with Gasteiger partial charge in [0.05, 0.1) is 23.9 Å². The van der Waals surface area contributed by atoms with Gasteiger partial charge in [0, 0.05) is 0 Å². The number of ether oxygens (including phenoxy) is 2. The van der Waals surface area contributed by atoms with Crippen LogP contribution in [0.5, 0.6) is 11.5 Å². The van der Waals surface area contributed by atoms with Gasteiger partial charge < -0.3 is 14.8 Å². The van der Waals surface area contributed by atoms with Crippen molar-refractivity contribution >= 4 is 46.6 Å². The van der Waals surface area contributed by atoms with Gasteiger partial charge in [0.25, 0.3) is 5.91 Å². The van der Waals surface area contributed by atoms with Gasteiger partial charge in [-0.25, -0.2) is 0 Å². The molecule has 1 N–H and O–H groups in total. The van der Waals surface area contributed by atoms with E-state index in [-0.39, 0.29) is 12.0 Å². The van der Waals surface area contributed by atoms with Gasteiger partial charge in [-0.2, -0.15) is 0 Å². The van der Waals surface area contributed by atoms with Crippen molar-refractivity contribution in [2.75, 3.05) is 12.0 Å². The number of thiocarbonyl (C=S) groups is 1. The van der Waals surface area contributed by atoms with Gasteiger partial charge in [0.2, 0.25) is 0 Å². The van der Waals surface area contributed by atoms with Crippen molar-refractivity contribution in [2.45, 2.75) is 20.0 Å². The fourth-order valence-electron chi connectivity index (χ4n) is 2.65. The minimum atomic E-state index is -0.247. The molecule has 1 amide bonds. The van der Waals surface area contributed by atoms with Crippen LogP contribution in [0.25, 0.3) is 6.08 Å². The maximum atomic E-state index is 12.8. The summed E-state index contributed by atoms with van der Waals surface area (Å²) in [6, 6.07) is 12.6. The zero-order valence-corrected chi connectivity index (χ0v) is 16.7. The predicted molar refractivity (Wildman–Crippen MR) is 111 cm³/mol. The molecule has 0 saturated carbocycles. The largest absolute Gasteiger partial charge is 0.495 e. The molecule has 0 bridgehead atoms. The SMILES string of the molecule is COc1ccc(N2C(=O)/C(=C\c3ccc(OC(C)C)cc3)NC2=S)cc1Cl. The lowest BCUT2D eigenvalue weighted by molar-refractivity contribution is -0.113. The maximum absolute atomic E-state index is 12.8. The fourth-order valence-corrected chi connectivity index (χ4v) is 3.20. The van der Waals surface area contributed by atoms with E-state index in [1.54, 1.807) is 24.3 Å². The smallest absolute Gasteiger partial charge is 0.281 e. The Hall–Kier alpha value is -2.57. The summed E-state index contributed by atoms with van der Waals surface area (Å²) in [6.07, 6.45) is 1.85. The third-order valence-corrected chi connectivity index (χ3v) is 4.41. The maximum Gasteiger partial charge on any atom is 0.281 e. The Bertz CT molecular complexity index is 910. The summed E-state index contributed by atoms with van der Waals surface area (Å²) in [5, 5.41) is 3.66. The molecule has 1 saturated heterocycles. The van der Waals surface area contributed by atoms with Crippen LogP contribution in [0.2, 0.25) is 5.02 Å². The van der Waals surface area contributed by atoms with E-state index in [2.05, 4.69) is 5.32 Å². The van der Waals surface area contributed by atoms with Crippen molar-refractivity contribution in [2.24, 2.45) is 0 Å². The van der Waals surface area contributed by atoms with E-state index < -0.39 is 0 Å². The molecule has 1 fully saturated rings. The number of carbonyl (C=O) groups excluding carboxylic acids is 1. The summed E-state index contributed by atoms with van der Waals surface area (Å²) in [7, 11) is 1.53. The number of halogens is 1. The van der Waals surface area contributed by atoms with Crippen LogP contribution in [0.3, 0.4) is 0 Å². The number of nitrogens with zero attached hydrogens (tertiary/aromatic N) is 1. The first-order valence-electron chi connectivity index (χ1n) is 8.36. The molecule has 3 rings (SSSR count). The first-order valence-corrected chi connectivity index (χ1v) is 9.15. The monoisotopic (exact) mass is 402 g/mol. The molecule has 0 spiro atoms. The molecule has 0 unspecified atom stereocenters. The molecule has 0 radical (unpaired) electrons. The molecule has 27 heavy (non-hydrogen) atoms. The van der Waals surface area contributed by atoms with E-state index in [9.17, 15) is 4.79 Å². The Morgan fingerprint density at radius 1 is 1.19 bits per heavy atom. The van der Waals surface area contributed by atoms with Crippen LogP contribution in [0, 0.1) is 0 Å². The second kappa shape index (κ2) is 7.98. The van der Waals surface area contributed by atoms with Crippen LogP contribution >= 0.6 is 23.8 Å². The van der Waals surface area contributed by atoms with E-state index >= 15 is 0 Å². The van der Waals surface area contributed by atoms with Gasteiger partial charge in [-0.05, 0) is 68.0 Å². The molecule has 0 aromatic heterocycles. The number of methoxy groups -OCH3 is 1. The van der Waals surface area contributed by atoms with Crippen molar-refractivity contribution < 1.29 is 14.3 Å². The van der Waals surface area contributed by atoms with Crippen LogP contribution < -0.4 is 19.7 Å². The Morgan fingerprint density at radius 3 is 2.48 bits per heavy atom. The lowest BCUT2D eigenvalue weighted by atomic mass is 10.2. The number of hydrogen-bond acceptors (Lipinski definition) is 4. The molecule has 140 valence electrons. The van der Waals surface area contributed by atoms with Crippen LogP contribution in [-0.4, -0.2) is 24.2 Å². The highest BCUT2D eigenvalue weighted by atomic mass is 35.5. The molecule has 5 nitrogen and oxygen atoms in total. The molecule has 2 aromatic rings. The first kappa shape index (κ1) is 19.2. The number of rotatable bonds is 5. The van der Waals surface area contributed by atoms with E-state index in [1.165, 1.54) is 12.0 Å². The Morgan fingerprint density at radius 2 is 1.89 bits per heavy atom. The summed E-state index contributed by atoms with van der Waals surface area (Å²) in [5.41, 5.74) is 1.83. The Labute approximate surface area is 168 Å². The van der Waals surface area contributed by atoms with Crippen molar-refractivity contribution in [1.82, 2.24) is 5.32 Å². The van der Waals surface area contributed by atoms with Crippen LogP contribution in [-0.2, 0) is 4.79 Å². The predicted octanol–water partition coefficient (Wildman–Crippen LogP) is 4.40. The van der Waals surface area contributed by atoms with Crippen molar-refractivity contribution in [3.63, 3.8) is 0 Å². The molecule has 0 atom stereocenters. The first-order chi connectivity index (χ1) is 12.9. The molecular weight excluding hydrogens is 384 g/mol. The molecule has 2 aromatic carbocycles. The topological polar surface area (TPSA) is 50.8 Å². The average Bonchev–Trinajstić information content (AvgIpc) is 2.89. The number of amides is 1. The third-order valence-electron chi connectivity index (χ3n) is 3.83. The van der Waals surface area contributed by atoms with Gasteiger partial charge in [0.1, 0.15) is 17.2 Å². The summed E-state index contributed by atoms with van der Waals surface area (Å²) in [4.78, 5) is 14.2. The normalized spacial score (nSPS) is 15.4. The van der Waals surface area contributed by atoms with Gasteiger partial charge in [-0.3, -0.25) is 9.69 Å². The molecule has 0 aliphatic carbocycles. The van der Waals surface area contributed by atoms with Gasteiger partial charge >= 0.3 is 0 Å². The van der Waals surface area contributed by atoms with Crippen LogP contribution in [0.15, 0.2) is 48.2 Å². The highest BCUT2D eigenvalue weighted by Gasteiger charge is 2.32. The number of hydrogen-bond donors (Lipinski definition) is 1. The number of anilines is 1. The van der Waals surface area contributed by atoms with Crippen molar-refractivity contribution in [3.05, 3.63) is 58.7 Å². The van der Waals surface area contributed by atoms with Crippen molar-refractivity contribution in [3.8, 4) is 11.5 Å². The van der Waals surface area contributed by atoms with E-state index in [4.69, 9.17) is 33.3 Å². The third kappa shape index (κ3) is 4.23. The van der Waals surface area contributed by atoms with Gasteiger partial charge in [0.15, 0.2) is 5.11 Å². The highest BCUT2D eigenvalue weighted by Crippen LogP contribution is 2.31. The lowest BCUT2D eigenvalue weighted by Gasteiger charge is -2.15. The summed E-state index contributed by atoms with van der Waals surface area (Å²) >= 11 is 11.5. The van der Waals surface area contributed by atoms with Gasteiger partial charge in [-0.1, -0.05) is 23.7 Å². The van der Waals surface area contributed by atoms with Crippen LogP contribution in [0.1, 0.15) is 19.4 Å².